The molecular formula is C21H21N3OS. The lowest BCUT2D eigenvalue weighted by atomic mass is 10.1. The minimum Gasteiger partial charge on any atom is -0.397 e. The van der Waals surface area contributed by atoms with Crippen LogP contribution in [-0.2, 0) is 6.54 Å². The monoisotopic (exact) mass is 363 g/mol. The first-order valence-corrected chi connectivity index (χ1v) is 9.51. The Labute approximate surface area is 157 Å². The third-order valence-electron chi connectivity index (χ3n) is 3.99. The molecule has 0 bridgehead atoms. The number of thioether (sulfide) groups is 1. The number of carbonyl (C=O) groups is 1. The smallest absolute Gasteiger partial charge is 0.255 e. The van der Waals surface area contributed by atoms with Gasteiger partial charge in [0.1, 0.15) is 0 Å². The highest BCUT2D eigenvalue weighted by Gasteiger charge is 2.07. The van der Waals surface area contributed by atoms with E-state index < -0.39 is 0 Å². The van der Waals surface area contributed by atoms with Crippen LogP contribution in [0.4, 0.5) is 17.1 Å². The average Bonchev–Trinajstić information content (AvgIpc) is 2.68. The van der Waals surface area contributed by atoms with Gasteiger partial charge in [0.15, 0.2) is 0 Å². The number of nitrogen functional groups attached to an aromatic ring is 1. The summed E-state index contributed by atoms with van der Waals surface area (Å²) in [7, 11) is 0. The molecule has 1 amide bonds. The Morgan fingerprint density at radius 1 is 1.00 bits per heavy atom. The molecule has 5 heteroatoms. The molecule has 0 saturated carbocycles. The molecule has 0 aliphatic rings. The second kappa shape index (κ2) is 8.45. The van der Waals surface area contributed by atoms with Crippen LogP contribution >= 0.6 is 11.8 Å². The third-order valence-corrected chi connectivity index (χ3v) is 4.72. The summed E-state index contributed by atoms with van der Waals surface area (Å²) in [6.45, 7) is 0.700. The van der Waals surface area contributed by atoms with E-state index in [1.54, 1.807) is 23.9 Å². The summed E-state index contributed by atoms with van der Waals surface area (Å²) in [5, 5.41) is 6.24. The van der Waals surface area contributed by atoms with Crippen LogP contribution in [0.15, 0.2) is 77.7 Å². The van der Waals surface area contributed by atoms with Crippen LogP contribution in [-0.4, -0.2) is 12.2 Å². The van der Waals surface area contributed by atoms with E-state index in [1.165, 1.54) is 4.90 Å². The highest BCUT2D eigenvalue weighted by Crippen LogP contribution is 2.20. The van der Waals surface area contributed by atoms with Gasteiger partial charge in [0, 0.05) is 22.7 Å². The minimum atomic E-state index is -0.171. The molecule has 0 radical (unpaired) electrons. The van der Waals surface area contributed by atoms with Crippen LogP contribution in [0.25, 0.3) is 0 Å². The van der Waals surface area contributed by atoms with Crippen molar-refractivity contribution in [1.29, 1.82) is 0 Å². The number of hydrogen-bond acceptors (Lipinski definition) is 4. The fourth-order valence-corrected chi connectivity index (χ4v) is 2.98. The van der Waals surface area contributed by atoms with Crippen LogP contribution in [0.5, 0.6) is 0 Å². The van der Waals surface area contributed by atoms with Crippen molar-refractivity contribution in [3.8, 4) is 0 Å². The van der Waals surface area contributed by atoms with Crippen LogP contribution in [0.3, 0.4) is 0 Å². The largest absolute Gasteiger partial charge is 0.397 e. The van der Waals surface area contributed by atoms with Crippen molar-refractivity contribution in [3.05, 3.63) is 83.9 Å². The Morgan fingerprint density at radius 3 is 2.50 bits per heavy atom. The van der Waals surface area contributed by atoms with E-state index in [2.05, 4.69) is 29.0 Å². The maximum Gasteiger partial charge on any atom is 0.255 e. The van der Waals surface area contributed by atoms with Gasteiger partial charge in [-0.25, -0.2) is 0 Å². The summed E-state index contributed by atoms with van der Waals surface area (Å²) in [5.74, 6) is -0.171. The molecule has 3 aromatic rings. The number of carbonyl (C=O) groups excluding carboxylic acids is 1. The van der Waals surface area contributed by atoms with Crippen molar-refractivity contribution in [2.45, 2.75) is 11.4 Å². The maximum absolute atomic E-state index is 12.3. The highest BCUT2D eigenvalue weighted by atomic mass is 32.2. The topological polar surface area (TPSA) is 67.2 Å². The minimum absolute atomic E-state index is 0.171. The van der Waals surface area contributed by atoms with Gasteiger partial charge in [-0.2, -0.15) is 0 Å². The normalized spacial score (nSPS) is 10.3. The molecule has 3 rings (SSSR count). The van der Waals surface area contributed by atoms with Crippen molar-refractivity contribution in [1.82, 2.24) is 0 Å². The SMILES string of the molecule is CSc1cccc(NCc2ccc(C(=O)Nc3ccccc3N)cc2)c1. The Morgan fingerprint density at radius 2 is 1.77 bits per heavy atom. The summed E-state index contributed by atoms with van der Waals surface area (Å²) in [6.07, 6.45) is 2.06. The highest BCUT2D eigenvalue weighted by molar-refractivity contribution is 7.98. The first-order chi connectivity index (χ1) is 12.7. The lowest BCUT2D eigenvalue weighted by Crippen LogP contribution is -2.13. The second-order valence-corrected chi connectivity index (χ2v) is 6.70. The summed E-state index contributed by atoms with van der Waals surface area (Å²) in [5.41, 5.74) is 9.82. The number of anilines is 3. The number of benzene rings is 3. The Kier molecular flexibility index (Phi) is 5.81. The van der Waals surface area contributed by atoms with Crippen molar-refractivity contribution in [2.24, 2.45) is 0 Å². The number of para-hydroxylation sites is 2. The fraction of sp³-hybridized carbons (Fsp3) is 0.0952. The third kappa shape index (κ3) is 4.58. The molecule has 0 aromatic heterocycles. The molecular weight excluding hydrogens is 342 g/mol. The summed E-state index contributed by atoms with van der Waals surface area (Å²) in [6, 6.07) is 23.1. The summed E-state index contributed by atoms with van der Waals surface area (Å²) in [4.78, 5) is 13.6. The number of hydrogen-bond donors (Lipinski definition) is 3. The molecule has 26 heavy (non-hydrogen) atoms. The van der Waals surface area contributed by atoms with Crippen LogP contribution in [0, 0.1) is 0 Å². The van der Waals surface area contributed by atoms with Gasteiger partial charge in [-0.05, 0) is 54.3 Å². The zero-order chi connectivity index (χ0) is 18.4. The van der Waals surface area contributed by atoms with Gasteiger partial charge in [-0.1, -0.05) is 30.3 Å². The van der Waals surface area contributed by atoms with Crippen molar-refractivity contribution in [3.63, 3.8) is 0 Å². The summed E-state index contributed by atoms with van der Waals surface area (Å²) >= 11 is 1.72. The molecule has 0 atom stereocenters. The Bertz CT molecular complexity index is 894. The van der Waals surface area contributed by atoms with Crippen molar-refractivity contribution >= 4 is 34.7 Å². The molecule has 132 valence electrons. The lowest BCUT2D eigenvalue weighted by molar-refractivity contribution is 0.102. The number of amides is 1. The standard InChI is InChI=1S/C21H21N3OS/c1-26-18-6-4-5-17(13-18)23-14-15-9-11-16(12-10-15)21(25)24-20-8-3-2-7-19(20)22/h2-13,23H,14,22H2,1H3,(H,24,25). The van der Waals surface area contributed by atoms with E-state index >= 15 is 0 Å². The van der Waals surface area contributed by atoms with E-state index in [4.69, 9.17) is 5.73 Å². The fourth-order valence-electron chi connectivity index (χ4n) is 2.52. The van der Waals surface area contributed by atoms with Gasteiger partial charge >= 0.3 is 0 Å². The zero-order valence-corrected chi connectivity index (χ0v) is 15.3. The predicted octanol–water partition coefficient (Wildman–Crippen LogP) is 4.86. The van der Waals surface area contributed by atoms with E-state index in [9.17, 15) is 4.79 Å². The van der Waals surface area contributed by atoms with Crippen molar-refractivity contribution in [2.75, 3.05) is 22.6 Å². The van der Waals surface area contributed by atoms with Crippen LogP contribution in [0.1, 0.15) is 15.9 Å². The number of nitrogens with one attached hydrogen (secondary N) is 2. The van der Waals surface area contributed by atoms with Gasteiger partial charge in [0.25, 0.3) is 5.91 Å². The first kappa shape index (κ1) is 17.9. The van der Waals surface area contributed by atoms with E-state index in [0.29, 0.717) is 23.5 Å². The predicted molar refractivity (Wildman–Crippen MR) is 111 cm³/mol. The summed E-state index contributed by atoms with van der Waals surface area (Å²) < 4.78 is 0. The molecule has 0 aliphatic carbocycles. The molecule has 4 N–H and O–H groups in total. The second-order valence-electron chi connectivity index (χ2n) is 5.82. The number of rotatable bonds is 6. The first-order valence-electron chi connectivity index (χ1n) is 8.28. The van der Waals surface area contributed by atoms with Gasteiger partial charge in [0.05, 0.1) is 11.4 Å². The maximum atomic E-state index is 12.3. The van der Waals surface area contributed by atoms with E-state index in [0.717, 1.165) is 11.3 Å². The van der Waals surface area contributed by atoms with Gasteiger partial charge in [-0.3, -0.25) is 4.79 Å². The molecule has 0 unspecified atom stereocenters. The average molecular weight is 363 g/mol. The van der Waals surface area contributed by atoms with Crippen LogP contribution in [0.2, 0.25) is 0 Å². The van der Waals surface area contributed by atoms with E-state index in [-0.39, 0.29) is 5.91 Å². The number of nitrogens with two attached hydrogens (primary N) is 1. The Hall–Kier alpha value is -2.92. The van der Waals surface area contributed by atoms with Gasteiger partial charge < -0.3 is 16.4 Å². The molecule has 4 nitrogen and oxygen atoms in total. The Balaban J connectivity index is 1.61. The quantitative estimate of drug-likeness (QED) is 0.432. The molecule has 0 saturated heterocycles. The van der Waals surface area contributed by atoms with Crippen LogP contribution < -0.4 is 16.4 Å². The van der Waals surface area contributed by atoms with E-state index in [1.807, 2.05) is 48.5 Å². The molecule has 0 fully saturated rings. The zero-order valence-electron chi connectivity index (χ0n) is 14.5. The molecule has 0 aliphatic heterocycles. The van der Waals surface area contributed by atoms with Gasteiger partial charge in [-0.15, -0.1) is 11.8 Å². The molecule has 3 aromatic carbocycles. The molecule has 0 heterocycles. The lowest BCUT2D eigenvalue weighted by Gasteiger charge is -2.10. The van der Waals surface area contributed by atoms with Crippen molar-refractivity contribution < 1.29 is 4.79 Å². The van der Waals surface area contributed by atoms with Gasteiger partial charge in [0.2, 0.25) is 0 Å². The molecule has 0 spiro atoms.